The van der Waals surface area contributed by atoms with Crippen molar-refractivity contribution < 1.29 is 4.79 Å². The molecule has 0 unspecified atom stereocenters. The molecule has 7 heteroatoms. The van der Waals surface area contributed by atoms with E-state index in [2.05, 4.69) is 68.3 Å². The number of nitrogens with zero attached hydrogens (tertiary/aromatic N) is 3. The zero-order chi connectivity index (χ0) is 22.5. The molecule has 1 N–H and O–H groups in total. The maximum absolute atomic E-state index is 12.4. The highest BCUT2D eigenvalue weighted by molar-refractivity contribution is 9.10. The van der Waals surface area contributed by atoms with Crippen molar-refractivity contribution >= 4 is 50.3 Å². The van der Waals surface area contributed by atoms with E-state index in [1.165, 1.54) is 22.9 Å². The van der Waals surface area contributed by atoms with Crippen molar-refractivity contribution in [2.45, 2.75) is 25.5 Å². The molecule has 0 fully saturated rings. The van der Waals surface area contributed by atoms with Gasteiger partial charge < -0.3 is 4.57 Å². The summed E-state index contributed by atoms with van der Waals surface area (Å²) in [5.41, 5.74) is 8.77. The van der Waals surface area contributed by atoms with Gasteiger partial charge in [-0.3, -0.25) is 4.79 Å². The number of nitrogens with one attached hydrogen (secondary N) is 1. The largest absolute Gasteiger partial charge is 0.314 e. The number of amides is 1. The maximum Gasteiger partial charge on any atom is 0.250 e. The molecule has 0 aliphatic carbocycles. The number of imidazole rings is 1. The summed E-state index contributed by atoms with van der Waals surface area (Å²) in [4.78, 5) is 17.2. The predicted molar refractivity (Wildman–Crippen MR) is 135 cm³/mol. The molecule has 0 atom stereocenters. The number of rotatable bonds is 7. The highest BCUT2D eigenvalue weighted by atomic mass is 79.9. The third kappa shape index (κ3) is 5.47. The van der Waals surface area contributed by atoms with E-state index in [-0.39, 0.29) is 11.7 Å². The van der Waals surface area contributed by atoms with Crippen molar-refractivity contribution in [1.29, 1.82) is 0 Å². The predicted octanol–water partition coefficient (Wildman–Crippen LogP) is 5.79. The Bertz CT molecular complexity index is 1260. The van der Waals surface area contributed by atoms with Crippen LogP contribution >= 0.6 is 27.7 Å². The van der Waals surface area contributed by atoms with Gasteiger partial charge in [-0.2, -0.15) is 5.10 Å². The van der Waals surface area contributed by atoms with E-state index >= 15 is 0 Å². The van der Waals surface area contributed by atoms with E-state index in [0.29, 0.717) is 6.54 Å². The van der Waals surface area contributed by atoms with Gasteiger partial charge in [-0.1, -0.05) is 81.8 Å². The molecule has 0 bridgehead atoms. The van der Waals surface area contributed by atoms with Gasteiger partial charge in [0.25, 0.3) is 5.91 Å². The van der Waals surface area contributed by atoms with Gasteiger partial charge >= 0.3 is 0 Å². The SMILES string of the molecule is C/C(=N\NC(=O)CSc1nc2ccccc2n1Cc1ccc(C)cc1)c1ccc(Br)cc1. The van der Waals surface area contributed by atoms with E-state index in [1.807, 2.05) is 49.4 Å². The summed E-state index contributed by atoms with van der Waals surface area (Å²) in [7, 11) is 0. The summed E-state index contributed by atoms with van der Waals surface area (Å²) >= 11 is 4.84. The van der Waals surface area contributed by atoms with Crippen molar-refractivity contribution in [2.24, 2.45) is 5.10 Å². The topological polar surface area (TPSA) is 59.3 Å². The summed E-state index contributed by atoms with van der Waals surface area (Å²) in [5, 5.41) is 5.05. The normalized spacial score (nSPS) is 11.7. The highest BCUT2D eigenvalue weighted by Crippen LogP contribution is 2.25. The zero-order valence-corrected chi connectivity index (χ0v) is 20.3. The number of hydrazone groups is 1. The molecule has 0 radical (unpaired) electrons. The van der Waals surface area contributed by atoms with Gasteiger partial charge in [-0.25, -0.2) is 10.4 Å². The molecule has 0 aliphatic rings. The fourth-order valence-electron chi connectivity index (χ4n) is 3.26. The lowest BCUT2D eigenvalue weighted by Gasteiger charge is -2.09. The van der Waals surface area contributed by atoms with Crippen molar-refractivity contribution in [3.05, 3.63) is 94.0 Å². The number of carbonyl (C=O) groups is 1. The Morgan fingerprint density at radius 3 is 2.53 bits per heavy atom. The quantitative estimate of drug-likeness (QED) is 0.196. The third-order valence-corrected chi connectivity index (χ3v) is 6.53. The molecule has 0 saturated heterocycles. The molecule has 0 aliphatic heterocycles. The van der Waals surface area contributed by atoms with Crippen LogP contribution in [0.2, 0.25) is 0 Å². The second kappa shape index (κ2) is 10.1. The molecular weight excluding hydrogens is 484 g/mol. The lowest BCUT2D eigenvalue weighted by Crippen LogP contribution is -2.21. The van der Waals surface area contributed by atoms with Crippen LogP contribution in [0.4, 0.5) is 0 Å². The van der Waals surface area contributed by atoms with Crippen LogP contribution in [-0.2, 0) is 11.3 Å². The molecule has 4 rings (SSSR count). The minimum atomic E-state index is -0.166. The van der Waals surface area contributed by atoms with Crippen LogP contribution in [0.25, 0.3) is 11.0 Å². The number of aromatic nitrogens is 2. The number of halogens is 1. The molecule has 1 heterocycles. The van der Waals surface area contributed by atoms with Gasteiger partial charge in [0.05, 0.1) is 29.0 Å². The minimum absolute atomic E-state index is 0.166. The van der Waals surface area contributed by atoms with Gasteiger partial charge in [0.1, 0.15) is 0 Å². The van der Waals surface area contributed by atoms with Crippen molar-refractivity contribution in [3.63, 3.8) is 0 Å². The maximum atomic E-state index is 12.4. The Hall–Kier alpha value is -2.90. The lowest BCUT2D eigenvalue weighted by molar-refractivity contribution is -0.118. The first-order valence-corrected chi connectivity index (χ1v) is 12.0. The number of hydrogen-bond acceptors (Lipinski definition) is 4. The second-order valence-electron chi connectivity index (χ2n) is 7.48. The van der Waals surface area contributed by atoms with Crippen LogP contribution in [-0.4, -0.2) is 26.9 Å². The first kappa shape index (κ1) is 22.3. The standard InChI is InChI=1S/C25H23BrN4OS/c1-17-7-9-19(10-8-17)15-30-23-6-4-3-5-22(23)27-25(30)32-16-24(31)29-28-18(2)20-11-13-21(26)14-12-20/h3-14H,15-16H2,1-2H3,(H,29,31)/b28-18+. The number of aryl methyl sites for hydroxylation is 1. The van der Waals surface area contributed by atoms with Gasteiger partial charge in [0, 0.05) is 4.47 Å². The summed E-state index contributed by atoms with van der Waals surface area (Å²) < 4.78 is 3.16. The first-order chi connectivity index (χ1) is 15.5. The van der Waals surface area contributed by atoms with Crippen LogP contribution in [0, 0.1) is 6.92 Å². The molecule has 32 heavy (non-hydrogen) atoms. The molecule has 0 spiro atoms. The molecule has 3 aromatic carbocycles. The van der Waals surface area contributed by atoms with Gasteiger partial charge in [0.15, 0.2) is 5.16 Å². The number of carbonyl (C=O) groups excluding carboxylic acids is 1. The van der Waals surface area contributed by atoms with E-state index < -0.39 is 0 Å². The van der Waals surface area contributed by atoms with Crippen molar-refractivity contribution in [3.8, 4) is 0 Å². The number of para-hydroxylation sites is 2. The second-order valence-corrected chi connectivity index (χ2v) is 9.34. The Morgan fingerprint density at radius 1 is 1.06 bits per heavy atom. The van der Waals surface area contributed by atoms with Crippen LogP contribution in [0.5, 0.6) is 0 Å². The molecule has 162 valence electrons. The average Bonchev–Trinajstić information content (AvgIpc) is 3.15. The van der Waals surface area contributed by atoms with E-state index in [1.54, 1.807) is 0 Å². The Kier molecular flexibility index (Phi) is 7.07. The third-order valence-electron chi connectivity index (χ3n) is 5.02. The summed E-state index contributed by atoms with van der Waals surface area (Å²) in [6.45, 7) is 4.65. The van der Waals surface area contributed by atoms with Crippen LogP contribution < -0.4 is 5.43 Å². The summed E-state index contributed by atoms with van der Waals surface area (Å²) in [6, 6.07) is 24.3. The Labute approximate surface area is 200 Å². The van der Waals surface area contributed by atoms with E-state index in [0.717, 1.165) is 31.9 Å². The summed E-state index contributed by atoms with van der Waals surface area (Å²) in [6.07, 6.45) is 0. The van der Waals surface area contributed by atoms with Gasteiger partial charge in [-0.15, -0.1) is 0 Å². The minimum Gasteiger partial charge on any atom is -0.314 e. The lowest BCUT2D eigenvalue weighted by atomic mass is 10.1. The first-order valence-electron chi connectivity index (χ1n) is 10.2. The Balaban J connectivity index is 1.46. The molecule has 4 aromatic rings. The van der Waals surface area contributed by atoms with Crippen LogP contribution in [0.15, 0.2) is 87.5 Å². The molecular formula is C25H23BrN4OS. The van der Waals surface area contributed by atoms with E-state index in [9.17, 15) is 4.79 Å². The van der Waals surface area contributed by atoms with Crippen LogP contribution in [0.1, 0.15) is 23.6 Å². The monoisotopic (exact) mass is 506 g/mol. The number of fused-ring (bicyclic) bond motifs is 1. The van der Waals surface area contributed by atoms with Crippen molar-refractivity contribution in [2.75, 3.05) is 5.75 Å². The van der Waals surface area contributed by atoms with Crippen LogP contribution in [0.3, 0.4) is 0 Å². The molecule has 1 aromatic heterocycles. The molecule has 5 nitrogen and oxygen atoms in total. The van der Waals surface area contributed by atoms with E-state index in [4.69, 9.17) is 4.98 Å². The fourth-order valence-corrected chi connectivity index (χ4v) is 4.33. The van der Waals surface area contributed by atoms with Gasteiger partial charge in [-0.05, 0) is 49.2 Å². The smallest absolute Gasteiger partial charge is 0.250 e. The highest BCUT2D eigenvalue weighted by Gasteiger charge is 2.13. The Morgan fingerprint density at radius 2 is 1.78 bits per heavy atom. The molecule has 1 amide bonds. The number of benzene rings is 3. The number of hydrogen-bond donors (Lipinski definition) is 1. The van der Waals surface area contributed by atoms with Crippen molar-refractivity contribution in [1.82, 2.24) is 15.0 Å². The van der Waals surface area contributed by atoms with Gasteiger partial charge in [0.2, 0.25) is 0 Å². The zero-order valence-electron chi connectivity index (χ0n) is 17.9. The molecule has 0 saturated carbocycles. The average molecular weight is 507 g/mol. The summed E-state index contributed by atoms with van der Waals surface area (Å²) in [5.74, 6) is 0.0642. The fraction of sp³-hybridized carbons (Fsp3) is 0.160. The number of thioether (sulfide) groups is 1.